The molecule has 28 heavy (non-hydrogen) atoms. The van der Waals surface area contributed by atoms with E-state index in [9.17, 15) is 28.1 Å². The average molecular weight is 414 g/mol. The van der Waals surface area contributed by atoms with Gasteiger partial charge in [0, 0.05) is 24.7 Å². The molecule has 0 aromatic heterocycles. The number of hydrogen-bond donors (Lipinski definition) is 1. The van der Waals surface area contributed by atoms with Gasteiger partial charge in [-0.05, 0) is 43.2 Å². The Morgan fingerprint density at radius 1 is 1.14 bits per heavy atom. The van der Waals surface area contributed by atoms with Crippen molar-refractivity contribution >= 4 is 34.6 Å². The number of benzene rings is 2. The first kappa shape index (κ1) is 19.9. The third-order valence-electron chi connectivity index (χ3n) is 4.43. The summed E-state index contributed by atoms with van der Waals surface area (Å²) in [5.74, 6) is -0.710. The highest BCUT2D eigenvalue weighted by atomic mass is 35.5. The Morgan fingerprint density at radius 3 is 2.39 bits per heavy atom. The Labute approximate surface area is 163 Å². The quantitative estimate of drug-likeness (QED) is 0.557. The summed E-state index contributed by atoms with van der Waals surface area (Å²) >= 11 is 5.83. The summed E-state index contributed by atoms with van der Waals surface area (Å²) in [7, 11) is 0. The van der Waals surface area contributed by atoms with E-state index in [0.29, 0.717) is 24.8 Å². The number of rotatable bonds is 4. The van der Waals surface area contributed by atoms with E-state index in [1.165, 1.54) is 12.1 Å². The van der Waals surface area contributed by atoms with Gasteiger partial charge in [0.1, 0.15) is 5.69 Å². The van der Waals surface area contributed by atoms with E-state index in [2.05, 4.69) is 5.32 Å². The molecule has 0 atom stereocenters. The molecule has 0 radical (unpaired) electrons. The lowest BCUT2D eigenvalue weighted by Crippen LogP contribution is -2.20. The minimum Gasteiger partial charge on any atom is -0.366 e. The fraction of sp³-hybridized carbons (Fsp3) is 0.278. The second-order valence-corrected chi connectivity index (χ2v) is 6.71. The van der Waals surface area contributed by atoms with Crippen molar-refractivity contribution < 1.29 is 22.9 Å². The monoisotopic (exact) mass is 413 g/mol. The van der Waals surface area contributed by atoms with Crippen LogP contribution in [0.25, 0.3) is 0 Å². The molecule has 10 heteroatoms. The maximum atomic E-state index is 12.7. The summed E-state index contributed by atoms with van der Waals surface area (Å²) in [6.45, 7) is 1.40. The number of carbonyl (C=O) groups is 1. The summed E-state index contributed by atoms with van der Waals surface area (Å²) in [5, 5.41) is 13.5. The lowest BCUT2D eigenvalue weighted by atomic mass is 10.1. The molecular weight excluding hydrogens is 399 g/mol. The number of hydrogen-bond acceptors (Lipinski definition) is 4. The van der Waals surface area contributed by atoms with E-state index in [1.807, 2.05) is 4.90 Å². The SMILES string of the molecule is O=C(Nc1ccc(C(F)(F)F)cc1Cl)c1ccc(N2CCCC2)c([N+](=O)[O-])c1. The summed E-state index contributed by atoms with van der Waals surface area (Å²) < 4.78 is 38.1. The van der Waals surface area contributed by atoms with Gasteiger partial charge in [-0.25, -0.2) is 0 Å². The molecule has 148 valence electrons. The molecule has 1 saturated heterocycles. The van der Waals surface area contributed by atoms with Crippen molar-refractivity contribution in [3.63, 3.8) is 0 Å². The fourth-order valence-corrected chi connectivity index (χ4v) is 3.25. The molecule has 3 rings (SSSR count). The van der Waals surface area contributed by atoms with Crippen LogP contribution in [0, 0.1) is 10.1 Å². The van der Waals surface area contributed by atoms with E-state index in [-0.39, 0.29) is 22.0 Å². The molecule has 1 heterocycles. The largest absolute Gasteiger partial charge is 0.416 e. The summed E-state index contributed by atoms with van der Waals surface area (Å²) in [6.07, 6.45) is -2.68. The fourth-order valence-electron chi connectivity index (χ4n) is 3.02. The Hall–Kier alpha value is -2.81. The number of anilines is 2. The molecule has 2 aromatic carbocycles. The normalized spacial score (nSPS) is 14.2. The predicted molar refractivity (Wildman–Crippen MR) is 99.0 cm³/mol. The molecule has 0 aliphatic carbocycles. The van der Waals surface area contributed by atoms with Crippen molar-refractivity contribution in [2.75, 3.05) is 23.3 Å². The van der Waals surface area contributed by atoms with Crippen LogP contribution in [-0.2, 0) is 6.18 Å². The van der Waals surface area contributed by atoms with Gasteiger partial charge in [0.05, 0.1) is 21.2 Å². The number of nitrogens with one attached hydrogen (secondary N) is 1. The topological polar surface area (TPSA) is 75.5 Å². The predicted octanol–water partition coefficient (Wildman–Crippen LogP) is 5.12. The minimum absolute atomic E-state index is 0.00520. The van der Waals surface area contributed by atoms with Crippen molar-refractivity contribution in [3.05, 3.63) is 62.7 Å². The standard InChI is InChI=1S/C18H15ClF3N3O3/c19-13-10-12(18(20,21)22)4-5-14(13)23-17(26)11-3-6-15(16(9-11)25(27)28)24-7-1-2-8-24/h3-6,9-10H,1-2,7-8H2,(H,23,26). The van der Waals surface area contributed by atoms with Crippen LogP contribution >= 0.6 is 11.6 Å². The maximum Gasteiger partial charge on any atom is 0.416 e. The van der Waals surface area contributed by atoms with Gasteiger partial charge in [-0.15, -0.1) is 0 Å². The number of carbonyl (C=O) groups excluding carboxylic acids is 1. The molecular formula is C18H15ClF3N3O3. The molecule has 1 amide bonds. The van der Waals surface area contributed by atoms with Crippen LogP contribution < -0.4 is 10.2 Å². The number of nitro groups is 1. The van der Waals surface area contributed by atoms with Gasteiger partial charge < -0.3 is 10.2 Å². The molecule has 0 spiro atoms. The van der Waals surface area contributed by atoms with Gasteiger partial charge in [0.15, 0.2) is 0 Å². The van der Waals surface area contributed by atoms with Gasteiger partial charge in [0.2, 0.25) is 0 Å². The van der Waals surface area contributed by atoms with Crippen LogP contribution in [0.1, 0.15) is 28.8 Å². The van der Waals surface area contributed by atoms with Crippen molar-refractivity contribution in [2.24, 2.45) is 0 Å². The molecule has 1 aliphatic rings. The van der Waals surface area contributed by atoms with Gasteiger partial charge in [-0.3, -0.25) is 14.9 Å². The van der Waals surface area contributed by atoms with Crippen LogP contribution in [-0.4, -0.2) is 23.9 Å². The lowest BCUT2D eigenvalue weighted by Gasteiger charge is -2.18. The highest BCUT2D eigenvalue weighted by Crippen LogP contribution is 2.35. The number of halogens is 4. The van der Waals surface area contributed by atoms with E-state index in [4.69, 9.17) is 11.6 Å². The van der Waals surface area contributed by atoms with Crippen molar-refractivity contribution in [1.82, 2.24) is 0 Å². The van der Waals surface area contributed by atoms with E-state index < -0.39 is 22.6 Å². The molecule has 0 bridgehead atoms. The molecule has 0 saturated carbocycles. The summed E-state index contributed by atoms with van der Waals surface area (Å²) in [6, 6.07) is 6.63. The number of nitrogens with zero attached hydrogens (tertiary/aromatic N) is 2. The Morgan fingerprint density at radius 2 is 1.82 bits per heavy atom. The first-order valence-corrected chi connectivity index (χ1v) is 8.76. The van der Waals surface area contributed by atoms with Crippen molar-refractivity contribution in [1.29, 1.82) is 0 Å². The van der Waals surface area contributed by atoms with Crippen LogP contribution in [0.2, 0.25) is 5.02 Å². The van der Waals surface area contributed by atoms with Gasteiger partial charge >= 0.3 is 6.18 Å². The Kier molecular flexibility index (Phi) is 5.46. The van der Waals surface area contributed by atoms with E-state index >= 15 is 0 Å². The van der Waals surface area contributed by atoms with E-state index in [0.717, 1.165) is 31.0 Å². The lowest BCUT2D eigenvalue weighted by molar-refractivity contribution is -0.384. The minimum atomic E-state index is -4.56. The highest BCUT2D eigenvalue weighted by Gasteiger charge is 2.31. The zero-order chi connectivity index (χ0) is 20.5. The van der Waals surface area contributed by atoms with Crippen molar-refractivity contribution in [3.8, 4) is 0 Å². The third kappa shape index (κ3) is 4.19. The molecule has 0 unspecified atom stereocenters. The second-order valence-electron chi connectivity index (χ2n) is 6.30. The Balaban J connectivity index is 1.85. The smallest absolute Gasteiger partial charge is 0.366 e. The van der Waals surface area contributed by atoms with Gasteiger partial charge in [-0.1, -0.05) is 11.6 Å². The van der Waals surface area contributed by atoms with Crippen LogP contribution in [0.15, 0.2) is 36.4 Å². The number of nitro benzene ring substituents is 1. The summed E-state index contributed by atoms with van der Waals surface area (Å²) in [4.78, 5) is 25.2. The van der Waals surface area contributed by atoms with Gasteiger partial charge in [-0.2, -0.15) is 13.2 Å². The third-order valence-corrected chi connectivity index (χ3v) is 4.74. The van der Waals surface area contributed by atoms with Crippen LogP contribution in [0.5, 0.6) is 0 Å². The van der Waals surface area contributed by atoms with Gasteiger partial charge in [0.25, 0.3) is 11.6 Å². The van der Waals surface area contributed by atoms with Crippen LogP contribution in [0.3, 0.4) is 0 Å². The number of alkyl halides is 3. The first-order chi connectivity index (χ1) is 13.2. The summed E-state index contributed by atoms with van der Waals surface area (Å²) in [5.41, 5.74) is -0.725. The molecule has 1 fully saturated rings. The second kappa shape index (κ2) is 7.67. The maximum absolute atomic E-state index is 12.7. The molecule has 2 aromatic rings. The van der Waals surface area contributed by atoms with Crippen molar-refractivity contribution in [2.45, 2.75) is 19.0 Å². The molecule has 1 aliphatic heterocycles. The van der Waals surface area contributed by atoms with E-state index in [1.54, 1.807) is 0 Å². The van der Waals surface area contributed by atoms with Crippen LogP contribution in [0.4, 0.5) is 30.2 Å². The highest BCUT2D eigenvalue weighted by molar-refractivity contribution is 6.34. The average Bonchev–Trinajstić information content (AvgIpc) is 3.16. The zero-order valence-electron chi connectivity index (χ0n) is 14.4. The molecule has 6 nitrogen and oxygen atoms in total. The Bertz CT molecular complexity index is 928. The number of amides is 1. The zero-order valence-corrected chi connectivity index (χ0v) is 15.2. The first-order valence-electron chi connectivity index (χ1n) is 8.38. The molecule has 1 N–H and O–H groups in total.